The zero-order valence-corrected chi connectivity index (χ0v) is 21.2. The molecule has 0 aromatic carbocycles. The molecule has 0 saturated heterocycles. The van der Waals surface area contributed by atoms with Crippen LogP contribution in [0.15, 0.2) is 12.2 Å². The predicted molar refractivity (Wildman–Crippen MR) is 135 cm³/mol. The summed E-state index contributed by atoms with van der Waals surface area (Å²) in [6.07, 6.45) is 25.7. The summed E-state index contributed by atoms with van der Waals surface area (Å²) in [5.41, 5.74) is 1.38. The van der Waals surface area contributed by atoms with E-state index in [2.05, 4.69) is 34.3 Å². The fourth-order valence-corrected chi connectivity index (χ4v) is 4.77. The molecule has 174 valence electrons. The largest absolute Gasteiger partial charge is 0.320 e. The third-order valence-electron chi connectivity index (χ3n) is 6.56. The van der Waals surface area contributed by atoms with Crippen molar-refractivity contribution in [2.75, 3.05) is 26.2 Å². The maximum atomic E-state index is 4.26. The van der Waals surface area contributed by atoms with E-state index in [1.807, 2.05) is 0 Å². The van der Waals surface area contributed by atoms with Crippen molar-refractivity contribution in [3.8, 4) is 0 Å². The van der Waals surface area contributed by atoms with Crippen LogP contribution >= 0.6 is 0 Å². The standard InChI is InChI=1S/C28H58N/c1-6-9-12-13-14-15-16-17-18-19-20-21-22-23-26-29(24-10-7-2,25-11-8-3)27-28(4)5/h4,6-27H2,1-3,5H3/q+1. The molecule has 0 aromatic heterocycles. The Hall–Kier alpha value is -0.300. The molecule has 0 N–H and O–H groups in total. The van der Waals surface area contributed by atoms with Gasteiger partial charge in [0.1, 0.15) is 0 Å². The van der Waals surface area contributed by atoms with Crippen molar-refractivity contribution in [2.24, 2.45) is 0 Å². The van der Waals surface area contributed by atoms with Gasteiger partial charge in [-0.3, -0.25) is 0 Å². The number of hydrogen-bond acceptors (Lipinski definition) is 0. The van der Waals surface area contributed by atoms with Gasteiger partial charge >= 0.3 is 0 Å². The van der Waals surface area contributed by atoms with E-state index in [1.54, 1.807) is 0 Å². The molecule has 0 bridgehead atoms. The maximum Gasteiger partial charge on any atom is 0.0998 e. The zero-order valence-electron chi connectivity index (χ0n) is 21.2. The minimum absolute atomic E-state index is 1.21. The van der Waals surface area contributed by atoms with Crippen LogP contribution in [0.4, 0.5) is 0 Å². The van der Waals surface area contributed by atoms with Crippen LogP contribution in [-0.2, 0) is 0 Å². The first kappa shape index (κ1) is 28.7. The molecule has 0 spiro atoms. The van der Waals surface area contributed by atoms with E-state index >= 15 is 0 Å². The van der Waals surface area contributed by atoms with E-state index in [-0.39, 0.29) is 0 Å². The second kappa shape index (κ2) is 21.0. The molecule has 0 aliphatic rings. The highest BCUT2D eigenvalue weighted by atomic mass is 15.3. The van der Waals surface area contributed by atoms with E-state index in [9.17, 15) is 0 Å². The van der Waals surface area contributed by atoms with Gasteiger partial charge in [-0.1, -0.05) is 117 Å². The van der Waals surface area contributed by atoms with E-state index in [1.165, 1.54) is 152 Å². The SMILES string of the molecule is C=C(C)C[N+](CCCC)(CCCC)CCCCCCCCCCCCCCCC. The number of nitrogens with zero attached hydrogens (tertiary/aromatic N) is 1. The maximum absolute atomic E-state index is 4.26. The molecule has 29 heavy (non-hydrogen) atoms. The Bertz CT molecular complexity index is 338. The van der Waals surface area contributed by atoms with E-state index in [4.69, 9.17) is 0 Å². The fourth-order valence-electron chi connectivity index (χ4n) is 4.77. The quantitative estimate of drug-likeness (QED) is 0.0896. The van der Waals surface area contributed by atoms with Crippen LogP contribution in [0.2, 0.25) is 0 Å². The van der Waals surface area contributed by atoms with Gasteiger partial charge in [-0.2, -0.15) is 0 Å². The molecule has 0 aromatic rings. The summed E-state index contributed by atoms with van der Waals surface area (Å²) in [6.45, 7) is 18.8. The number of quaternary nitrogens is 1. The Labute approximate surface area is 186 Å². The molecule has 0 aliphatic heterocycles. The van der Waals surface area contributed by atoms with Gasteiger partial charge in [0.05, 0.1) is 26.2 Å². The van der Waals surface area contributed by atoms with Crippen LogP contribution in [0.3, 0.4) is 0 Å². The molecule has 0 atom stereocenters. The molecule has 0 aliphatic carbocycles. The first-order valence-electron chi connectivity index (χ1n) is 13.6. The van der Waals surface area contributed by atoms with E-state index in [0.717, 1.165) is 0 Å². The molecule has 0 heterocycles. The van der Waals surface area contributed by atoms with Crippen LogP contribution < -0.4 is 0 Å². The van der Waals surface area contributed by atoms with Gasteiger partial charge in [0, 0.05) is 0 Å². The lowest BCUT2D eigenvalue weighted by Crippen LogP contribution is -2.51. The molecule has 1 heteroatoms. The minimum Gasteiger partial charge on any atom is -0.320 e. The highest BCUT2D eigenvalue weighted by Gasteiger charge is 2.25. The molecule has 0 amide bonds. The zero-order chi connectivity index (χ0) is 21.6. The van der Waals surface area contributed by atoms with Gasteiger partial charge < -0.3 is 4.48 Å². The Balaban J connectivity index is 3.84. The van der Waals surface area contributed by atoms with Gasteiger partial charge in [-0.05, 0) is 38.2 Å². The molecule has 0 rings (SSSR count). The monoisotopic (exact) mass is 408 g/mol. The van der Waals surface area contributed by atoms with Crippen molar-refractivity contribution >= 4 is 0 Å². The van der Waals surface area contributed by atoms with E-state index in [0.29, 0.717) is 0 Å². The first-order valence-corrected chi connectivity index (χ1v) is 13.6. The van der Waals surface area contributed by atoms with Crippen LogP contribution in [0.1, 0.15) is 143 Å². The van der Waals surface area contributed by atoms with Crippen molar-refractivity contribution in [3.63, 3.8) is 0 Å². The summed E-state index contributed by atoms with van der Waals surface area (Å²) in [6, 6.07) is 0. The number of hydrogen-bond donors (Lipinski definition) is 0. The second-order valence-electron chi connectivity index (χ2n) is 9.93. The average molecular weight is 409 g/mol. The Morgan fingerprint density at radius 3 is 1.14 bits per heavy atom. The lowest BCUT2D eigenvalue weighted by Gasteiger charge is -2.39. The summed E-state index contributed by atoms with van der Waals surface area (Å²) in [5, 5.41) is 0. The van der Waals surface area contributed by atoms with Crippen molar-refractivity contribution in [1.29, 1.82) is 0 Å². The summed E-state index contributed by atoms with van der Waals surface area (Å²) in [7, 11) is 0. The van der Waals surface area contributed by atoms with Gasteiger partial charge in [0.15, 0.2) is 0 Å². The number of rotatable bonds is 23. The topological polar surface area (TPSA) is 0 Å². The summed E-state index contributed by atoms with van der Waals surface area (Å²) in [5.74, 6) is 0. The van der Waals surface area contributed by atoms with E-state index < -0.39 is 0 Å². The van der Waals surface area contributed by atoms with Crippen LogP contribution in [0, 0.1) is 0 Å². The second-order valence-corrected chi connectivity index (χ2v) is 9.93. The highest BCUT2D eigenvalue weighted by molar-refractivity contribution is 4.88. The molecular formula is C28H58N+. The van der Waals surface area contributed by atoms with Gasteiger partial charge in [0.2, 0.25) is 0 Å². The third kappa shape index (κ3) is 18.2. The summed E-state index contributed by atoms with van der Waals surface area (Å²) < 4.78 is 1.31. The van der Waals surface area contributed by atoms with Crippen LogP contribution in [0.25, 0.3) is 0 Å². The fraction of sp³-hybridized carbons (Fsp3) is 0.929. The molecular weight excluding hydrogens is 350 g/mol. The van der Waals surface area contributed by atoms with Crippen molar-refractivity contribution < 1.29 is 4.48 Å². The minimum atomic E-state index is 1.21. The van der Waals surface area contributed by atoms with Crippen molar-refractivity contribution in [3.05, 3.63) is 12.2 Å². The molecule has 0 radical (unpaired) electrons. The van der Waals surface area contributed by atoms with Gasteiger partial charge in [-0.15, -0.1) is 0 Å². The lowest BCUT2D eigenvalue weighted by atomic mass is 10.0. The molecule has 0 unspecified atom stereocenters. The Kier molecular flexibility index (Phi) is 20.7. The first-order chi connectivity index (χ1) is 14.1. The number of unbranched alkanes of at least 4 members (excludes halogenated alkanes) is 15. The predicted octanol–water partition coefficient (Wildman–Crippen LogP) is 9.46. The van der Waals surface area contributed by atoms with Crippen molar-refractivity contribution in [1.82, 2.24) is 0 Å². The van der Waals surface area contributed by atoms with Crippen LogP contribution in [0.5, 0.6) is 0 Å². The highest BCUT2D eigenvalue weighted by Crippen LogP contribution is 2.19. The molecule has 1 nitrogen and oxygen atoms in total. The van der Waals surface area contributed by atoms with Crippen molar-refractivity contribution in [2.45, 2.75) is 143 Å². The van der Waals surface area contributed by atoms with Crippen LogP contribution in [-0.4, -0.2) is 30.7 Å². The summed E-state index contributed by atoms with van der Waals surface area (Å²) in [4.78, 5) is 0. The molecule has 0 saturated carbocycles. The average Bonchev–Trinajstić information content (AvgIpc) is 2.70. The Morgan fingerprint density at radius 2 is 0.793 bits per heavy atom. The lowest BCUT2D eigenvalue weighted by molar-refractivity contribution is -0.924. The smallest absolute Gasteiger partial charge is 0.0998 e. The third-order valence-corrected chi connectivity index (χ3v) is 6.56. The van der Waals surface area contributed by atoms with Gasteiger partial charge in [-0.25, -0.2) is 0 Å². The normalized spacial score (nSPS) is 11.9. The summed E-state index contributed by atoms with van der Waals surface area (Å²) >= 11 is 0. The Morgan fingerprint density at radius 1 is 0.483 bits per heavy atom. The van der Waals surface area contributed by atoms with Gasteiger partial charge in [0.25, 0.3) is 0 Å². The molecule has 0 fully saturated rings.